The molecule has 0 atom stereocenters. The first-order valence-corrected chi connectivity index (χ1v) is 8.19. The molecule has 0 heterocycles. The van der Waals surface area contributed by atoms with Crippen LogP contribution in [0.2, 0.25) is 0 Å². The van der Waals surface area contributed by atoms with Crippen LogP contribution in [0, 0.1) is 11.6 Å². The summed E-state index contributed by atoms with van der Waals surface area (Å²) in [6.07, 6.45) is 0.300. The quantitative estimate of drug-likeness (QED) is 0.572. The number of halogens is 5. The molecule has 0 radical (unpaired) electrons. The van der Waals surface area contributed by atoms with Gasteiger partial charge in [0.2, 0.25) is 0 Å². The number of hydrogen-bond acceptors (Lipinski definition) is 0. The molecule has 0 aliphatic rings. The summed E-state index contributed by atoms with van der Waals surface area (Å²) in [5.41, 5.74) is 0.689. The maximum absolute atomic E-state index is 13.9. The Morgan fingerprint density at radius 3 is 2.24 bits per heavy atom. The van der Waals surface area contributed by atoms with Gasteiger partial charge in [0.15, 0.2) is 0 Å². The molecule has 0 saturated heterocycles. The van der Waals surface area contributed by atoms with Crippen LogP contribution in [0.1, 0.15) is 11.1 Å². The van der Waals surface area contributed by atoms with Crippen LogP contribution in [0.3, 0.4) is 0 Å². The molecule has 0 nitrogen and oxygen atoms in total. The Morgan fingerprint density at radius 2 is 1.67 bits per heavy atom. The Balaban J connectivity index is 2.46. The van der Waals surface area contributed by atoms with Gasteiger partial charge < -0.3 is 0 Å². The van der Waals surface area contributed by atoms with Crippen LogP contribution in [-0.2, 0) is 11.8 Å². The lowest BCUT2D eigenvalue weighted by molar-refractivity contribution is 0.504. The van der Waals surface area contributed by atoms with Crippen molar-refractivity contribution in [2.45, 2.75) is 11.8 Å². The van der Waals surface area contributed by atoms with Crippen LogP contribution in [-0.4, -0.2) is 11.8 Å². The monoisotopic (exact) mass is 392 g/mol. The SMILES string of the molecule is Fc1ccc(CC(CCl)(CCl)c2ccccc2Br)c(F)c1. The van der Waals surface area contributed by atoms with Crippen molar-refractivity contribution in [1.29, 1.82) is 0 Å². The van der Waals surface area contributed by atoms with Crippen LogP contribution in [0.15, 0.2) is 46.9 Å². The van der Waals surface area contributed by atoms with Crippen molar-refractivity contribution >= 4 is 39.1 Å². The minimum absolute atomic E-state index is 0.232. The number of benzene rings is 2. The number of alkyl halides is 2. The zero-order valence-electron chi connectivity index (χ0n) is 11.1. The minimum Gasteiger partial charge on any atom is -0.207 e. The molecular weight excluding hydrogens is 381 g/mol. The highest BCUT2D eigenvalue weighted by Crippen LogP contribution is 2.36. The van der Waals surface area contributed by atoms with Crippen molar-refractivity contribution < 1.29 is 8.78 Å². The fourth-order valence-corrected chi connectivity index (χ4v) is 3.76. The second-order valence-corrected chi connectivity index (χ2v) is 6.33. The second-order valence-electron chi connectivity index (χ2n) is 4.94. The molecule has 0 aliphatic heterocycles. The maximum atomic E-state index is 13.9. The topological polar surface area (TPSA) is 0 Å². The van der Waals surface area contributed by atoms with Crippen LogP contribution >= 0.6 is 39.1 Å². The van der Waals surface area contributed by atoms with Gasteiger partial charge in [-0.2, -0.15) is 0 Å². The van der Waals surface area contributed by atoms with E-state index in [-0.39, 0.29) is 11.8 Å². The molecular formula is C16H13BrCl2F2. The van der Waals surface area contributed by atoms with Crippen LogP contribution in [0.4, 0.5) is 8.78 Å². The predicted molar refractivity (Wildman–Crippen MR) is 87.3 cm³/mol. The van der Waals surface area contributed by atoms with Crippen LogP contribution in [0.25, 0.3) is 0 Å². The molecule has 112 valence electrons. The summed E-state index contributed by atoms with van der Waals surface area (Å²) in [4.78, 5) is 0. The first-order valence-electron chi connectivity index (χ1n) is 6.33. The molecule has 0 amide bonds. The Morgan fingerprint density at radius 1 is 1.00 bits per heavy atom. The zero-order valence-corrected chi connectivity index (χ0v) is 14.2. The van der Waals surface area contributed by atoms with Gasteiger partial charge in [-0.25, -0.2) is 8.78 Å². The molecule has 0 saturated carbocycles. The zero-order chi connectivity index (χ0) is 15.5. The van der Waals surface area contributed by atoms with E-state index in [1.807, 2.05) is 24.3 Å². The van der Waals surface area contributed by atoms with E-state index in [1.54, 1.807) is 0 Å². The van der Waals surface area contributed by atoms with Crippen molar-refractivity contribution in [3.8, 4) is 0 Å². The standard InChI is InChI=1S/C16H13BrCl2F2/c17-14-4-2-1-3-13(14)16(9-18,10-19)8-11-5-6-12(20)7-15(11)21/h1-7H,8-10H2. The number of hydrogen-bond donors (Lipinski definition) is 0. The average molecular weight is 394 g/mol. The van der Waals surface area contributed by atoms with Gasteiger partial charge in [0.1, 0.15) is 11.6 Å². The summed E-state index contributed by atoms with van der Waals surface area (Å²) in [6.45, 7) is 0. The van der Waals surface area contributed by atoms with Crippen molar-refractivity contribution in [2.24, 2.45) is 0 Å². The van der Waals surface area contributed by atoms with Crippen molar-refractivity contribution in [2.75, 3.05) is 11.8 Å². The normalized spacial score (nSPS) is 11.7. The lowest BCUT2D eigenvalue weighted by atomic mass is 9.78. The lowest BCUT2D eigenvalue weighted by Crippen LogP contribution is -2.34. The molecule has 2 rings (SSSR count). The molecule has 21 heavy (non-hydrogen) atoms. The van der Waals surface area contributed by atoms with Crippen LogP contribution < -0.4 is 0 Å². The third-order valence-corrected chi connectivity index (χ3v) is 5.22. The van der Waals surface area contributed by atoms with E-state index < -0.39 is 17.0 Å². The lowest BCUT2D eigenvalue weighted by Gasteiger charge is -2.31. The van der Waals surface area contributed by atoms with E-state index in [0.717, 1.165) is 16.1 Å². The highest BCUT2D eigenvalue weighted by Gasteiger charge is 2.33. The highest BCUT2D eigenvalue weighted by atomic mass is 79.9. The second kappa shape index (κ2) is 7.08. The van der Waals surface area contributed by atoms with E-state index >= 15 is 0 Å². The average Bonchev–Trinajstić information content (AvgIpc) is 2.48. The Hall–Kier alpha value is -0.640. The van der Waals surface area contributed by atoms with Crippen molar-refractivity contribution in [3.05, 3.63) is 69.7 Å². The van der Waals surface area contributed by atoms with Gasteiger partial charge in [0.05, 0.1) is 0 Å². The maximum Gasteiger partial charge on any atom is 0.129 e. The summed E-state index contributed by atoms with van der Waals surface area (Å²) >= 11 is 15.8. The fourth-order valence-electron chi connectivity index (χ4n) is 2.29. The fraction of sp³-hybridized carbons (Fsp3) is 0.250. The van der Waals surface area contributed by atoms with E-state index in [9.17, 15) is 8.78 Å². The Bertz CT molecular complexity index is 627. The third-order valence-electron chi connectivity index (χ3n) is 3.50. The van der Waals surface area contributed by atoms with E-state index in [0.29, 0.717) is 12.0 Å². The van der Waals surface area contributed by atoms with E-state index in [1.165, 1.54) is 12.1 Å². The van der Waals surface area contributed by atoms with Gasteiger partial charge in [0, 0.05) is 27.7 Å². The van der Waals surface area contributed by atoms with Crippen molar-refractivity contribution in [3.63, 3.8) is 0 Å². The van der Waals surface area contributed by atoms with E-state index in [2.05, 4.69) is 15.9 Å². The van der Waals surface area contributed by atoms with Gasteiger partial charge in [-0.15, -0.1) is 23.2 Å². The van der Waals surface area contributed by atoms with Gasteiger partial charge in [0.25, 0.3) is 0 Å². The summed E-state index contributed by atoms with van der Waals surface area (Å²) in [5, 5.41) is 0. The summed E-state index contributed by atoms with van der Waals surface area (Å²) in [6, 6.07) is 11.1. The van der Waals surface area contributed by atoms with Gasteiger partial charge >= 0.3 is 0 Å². The predicted octanol–water partition coefficient (Wildman–Crippen LogP) is 5.69. The molecule has 5 heteroatoms. The van der Waals surface area contributed by atoms with Gasteiger partial charge in [-0.05, 0) is 29.7 Å². The van der Waals surface area contributed by atoms with Gasteiger partial charge in [-0.3, -0.25) is 0 Å². The molecule has 0 aromatic heterocycles. The summed E-state index contributed by atoms with van der Waals surface area (Å²) in [5.74, 6) is -0.715. The Labute approximate surface area is 141 Å². The van der Waals surface area contributed by atoms with Gasteiger partial charge in [-0.1, -0.05) is 40.2 Å². The molecule has 0 fully saturated rings. The molecule has 2 aromatic carbocycles. The molecule has 0 N–H and O–H groups in total. The minimum atomic E-state index is -0.623. The first kappa shape index (κ1) is 16.7. The van der Waals surface area contributed by atoms with Crippen molar-refractivity contribution in [1.82, 2.24) is 0 Å². The molecule has 0 bridgehead atoms. The molecule has 0 aliphatic carbocycles. The molecule has 0 unspecified atom stereocenters. The molecule has 2 aromatic rings. The largest absolute Gasteiger partial charge is 0.207 e. The number of rotatable bonds is 5. The summed E-state index contributed by atoms with van der Waals surface area (Å²) in [7, 11) is 0. The van der Waals surface area contributed by atoms with E-state index in [4.69, 9.17) is 23.2 Å². The molecule has 0 spiro atoms. The van der Waals surface area contributed by atoms with Crippen LogP contribution in [0.5, 0.6) is 0 Å². The first-order chi connectivity index (χ1) is 10.0. The summed E-state index contributed by atoms with van der Waals surface area (Å²) < 4.78 is 27.8. The third kappa shape index (κ3) is 3.58. The smallest absolute Gasteiger partial charge is 0.129 e. The highest BCUT2D eigenvalue weighted by molar-refractivity contribution is 9.10. The Kier molecular flexibility index (Phi) is 5.64.